The predicted octanol–water partition coefficient (Wildman–Crippen LogP) is 3.56. The number of rotatable bonds is 5. The summed E-state index contributed by atoms with van der Waals surface area (Å²) in [6.07, 6.45) is 1.75. The number of nitrogens with zero attached hydrogens (tertiary/aromatic N) is 1. The normalized spacial score (nSPS) is 25.7. The van der Waals surface area contributed by atoms with E-state index in [9.17, 15) is 4.79 Å². The summed E-state index contributed by atoms with van der Waals surface area (Å²) in [5.41, 5.74) is 1.87. The van der Waals surface area contributed by atoms with Crippen molar-refractivity contribution in [2.45, 2.75) is 31.5 Å². The van der Waals surface area contributed by atoms with E-state index in [1.165, 1.54) is 0 Å². The van der Waals surface area contributed by atoms with Crippen molar-refractivity contribution in [1.82, 2.24) is 4.90 Å². The minimum absolute atomic E-state index is 0.0782. The van der Waals surface area contributed by atoms with Gasteiger partial charge in [0.15, 0.2) is 5.78 Å². The Bertz CT molecular complexity index is 747. The SMILES string of the molecule is CN1C2COCC1CC(C(=O)c1cccc(OCc3ccccc3)c1)C2. The van der Waals surface area contributed by atoms with Crippen LogP contribution in [0.1, 0.15) is 28.8 Å². The number of hydrogen-bond donors (Lipinski definition) is 0. The summed E-state index contributed by atoms with van der Waals surface area (Å²) < 4.78 is 11.5. The standard InChI is InChI=1S/C22H25NO3/c1-23-19-10-18(11-20(23)15-25-14-19)22(24)17-8-5-9-21(12-17)26-13-16-6-3-2-4-7-16/h2-9,12,18-20H,10-11,13-15H2,1H3. The first-order valence-corrected chi connectivity index (χ1v) is 9.31. The van der Waals surface area contributed by atoms with Gasteiger partial charge in [-0.1, -0.05) is 42.5 Å². The Balaban J connectivity index is 1.43. The van der Waals surface area contributed by atoms with E-state index in [0.717, 1.165) is 42.9 Å². The minimum Gasteiger partial charge on any atom is -0.489 e. The van der Waals surface area contributed by atoms with Gasteiger partial charge in [-0.2, -0.15) is 0 Å². The molecule has 2 bridgehead atoms. The number of ketones is 1. The highest BCUT2D eigenvalue weighted by Gasteiger charge is 2.39. The molecular weight excluding hydrogens is 326 g/mol. The molecule has 0 spiro atoms. The van der Waals surface area contributed by atoms with Crippen molar-refractivity contribution >= 4 is 5.78 Å². The highest BCUT2D eigenvalue weighted by atomic mass is 16.5. The van der Waals surface area contributed by atoms with Crippen molar-refractivity contribution in [2.24, 2.45) is 5.92 Å². The third-order valence-corrected chi connectivity index (χ3v) is 5.62. The van der Waals surface area contributed by atoms with Gasteiger partial charge in [0, 0.05) is 23.6 Å². The van der Waals surface area contributed by atoms with Crippen LogP contribution in [0.2, 0.25) is 0 Å². The fourth-order valence-corrected chi connectivity index (χ4v) is 4.02. The fraction of sp³-hybridized carbons (Fsp3) is 0.409. The van der Waals surface area contributed by atoms with Crippen LogP contribution in [0.3, 0.4) is 0 Å². The lowest BCUT2D eigenvalue weighted by Gasteiger charge is -2.46. The molecule has 4 rings (SSSR count). The number of carbonyl (C=O) groups excluding carboxylic acids is 1. The van der Waals surface area contributed by atoms with E-state index >= 15 is 0 Å². The van der Waals surface area contributed by atoms with Crippen LogP contribution in [0.4, 0.5) is 0 Å². The van der Waals surface area contributed by atoms with Gasteiger partial charge in [-0.15, -0.1) is 0 Å². The topological polar surface area (TPSA) is 38.8 Å². The Hall–Kier alpha value is -2.17. The second-order valence-corrected chi connectivity index (χ2v) is 7.35. The smallest absolute Gasteiger partial charge is 0.166 e. The van der Waals surface area contributed by atoms with Crippen LogP contribution in [0.5, 0.6) is 5.75 Å². The molecule has 2 saturated heterocycles. The second kappa shape index (κ2) is 7.60. The molecule has 0 amide bonds. The Morgan fingerprint density at radius 3 is 2.54 bits per heavy atom. The van der Waals surface area contributed by atoms with Gasteiger partial charge in [0.05, 0.1) is 13.2 Å². The summed E-state index contributed by atoms with van der Waals surface area (Å²) in [6.45, 7) is 1.97. The number of Topliss-reactive ketones (excluding diaryl/α,β-unsaturated/α-hetero) is 1. The van der Waals surface area contributed by atoms with Gasteiger partial charge in [0.2, 0.25) is 0 Å². The summed E-state index contributed by atoms with van der Waals surface area (Å²) in [5.74, 6) is 1.06. The molecule has 0 aliphatic carbocycles. The van der Waals surface area contributed by atoms with Gasteiger partial charge in [-0.25, -0.2) is 0 Å². The monoisotopic (exact) mass is 351 g/mol. The number of hydrogen-bond acceptors (Lipinski definition) is 4. The molecule has 2 aromatic rings. The quantitative estimate of drug-likeness (QED) is 0.772. The molecule has 2 atom stereocenters. The maximum Gasteiger partial charge on any atom is 0.166 e. The van der Waals surface area contributed by atoms with E-state index in [2.05, 4.69) is 11.9 Å². The van der Waals surface area contributed by atoms with E-state index < -0.39 is 0 Å². The number of benzene rings is 2. The minimum atomic E-state index is 0.0782. The van der Waals surface area contributed by atoms with Gasteiger partial charge in [-0.05, 0) is 37.6 Å². The molecule has 2 unspecified atom stereocenters. The molecule has 4 nitrogen and oxygen atoms in total. The Kier molecular flexibility index (Phi) is 5.05. The number of fused-ring (bicyclic) bond motifs is 2. The number of carbonyl (C=O) groups is 1. The summed E-state index contributed by atoms with van der Waals surface area (Å²) in [4.78, 5) is 15.4. The lowest BCUT2D eigenvalue weighted by Crippen LogP contribution is -2.55. The van der Waals surface area contributed by atoms with Crippen LogP contribution in [-0.4, -0.2) is 43.0 Å². The molecule has 2 fully saturated rings. The number of likely N-dealkylation sites (N-methyl/N-ethyl adjacent to an activating group) is 1. The molecular formula is C22H25NO3. The van der Waals surface area contributed by atoms with E-state index in [-0.39, 0.29) is 11.7 Å². The first-order valence-electron chi connectivity index (χ1n) is 9.31. The van der Waals surface area contributed by atoms with Crippen molar-refractivity contribution in [2.75, 3.05) is 20.3 Å². The van der Waals surface area contributed by atoms with Crippen LogP contribution < -0.4 is 4.74 Å². The molecule has 2 aliphatic rings. The van der Waals surface area contributed by atoms with Gasteiger partial charge < -0.3 is 9.47 Å². The fourth-order valence-electron chi connectivity index (χ4n) is 4.02. The van der Waals surface area contributed by atoms with Gasteiger partial charge in [0.25, 0.3) is 0 Å². The molecule has 4 heteroatoms. The number of piperidine rings is 1. The molecule has 2 aromatic carbocycles. The average Bonchev–Trinajstić information content (AvgIpc) is 2.67. The van der Waals surface area contributed by atoms with E-state index in [1.54, 1.807) is 0 Å². The zero-order chi connectivity index (χ0) is 17.9. The van der Waals surface area contributed by atoms with Crippen LogP contribution in [0, 0.1) is 5.92 Å². The van der Waals surface area contributed by atoms with Crippen molar-refractivity contribution < 1.29 is 14.3 Å². The van der Waals surface area contributed by atoms with Crippen LogP contribution in [0.15, 0.2) is 54.6 Å². The van der Waals surface area contributed by atoms with Crippen molar-refractivity contribution in [3.63, 3.8) is 0 Å². The highest BCUT2D eigenvalue weighted by molar-refractivity contribution is 5.98. The third kappa shape index (κ3) is 3.67. The Morgan fingerprint density at radius 1 is 1.08 bits per heavy atom. The largest absolute Gasteiger partial charge is 0.489 e. The lowest BCUT2D eigenvalue weighted by molar-refractivity contribution is -0.0702. The maximum absolute atomic E-state index is 13.0. The lowest BCUT2D eigenvalue weighted by atomic mass is 9.81. The summed E-state index contributed by atoms with van der Waals surface area (Å²) >= 11 is 0. The summed E-state index contributed by atoms with van der Waals surface area (Å²) in [7, 11) is 2.15. The van der Waals surface area contributed by atoms with Gasteiger partial charge in [-0.3, -0.25) is 9.69 Å². The van der Waals surface area contributed by atoms with Crippen LogP contribution in [0.25, 0.3) is 0 Å². The van der Waals surface area contributed by atoms with Gasteiger partial charge >= 0.3 is 0 Å². The summed E-state index contributed by atoms with van der Waals surface area (Å²) in [5, 5.41) is 0. The number of ether oxygens (including phenoxy) is 2. The molecule has 136 valence electrons. The molecule has 2 heterocycles. The molecule has 0 aromatic heterocycles. The maximum atomic E-state index is 13.0. The zero-order valence-electron chi connectivity index (χ0n) is 15.1. The molecule has 26 heavy (non-hydrogen) atoms. The van der Waals surface area contributed by atoms with Crippen molar-refractivity contribution in [3.05, 3.63) is 65.7 Å². The highest BCUT2D eigenvalue weighted by Crippen LogP contribution is 2.32. The van der Waals surface area contributed by atoms with Crippen LogP contribution in [-0.2, 0) is 11.3 Å². The van der Waals surface area contributed by atoms with Crippen molar-refractivity contribution in [1.29, 1.82) is 0 Å². The average molecular weight is 351 g/mol. The van der Waals surface area contributed by atoms with E-state index in [4.69, 9.17) is 9.47 Å². The number of morpholine rings is 1. The Morgan fingerprint density at radius 2 is 1.81 bits per heavy atom. The Labute approximate surface area is 154 Å². The molecule has 0 saturated carbocycles. The summed E-state index contributed by atoms with van der Waals surface area (Å²) in [6, 6.07) is 18.4. The molecule has 0 radical (unpaired) electrons. The van der Waals surface area contributed by atoms with Crippen LogP contribution >= 0.6 is 0 Å². The third-order valence-electron chi connectivity index (χ3n) is 5.62. The second-order valence-electron chi connectivity index (χ2n) is 7.35. The first-order chi connectivity index (χ1) is 12.7. The van der Waals surface area contributed by atoms with Gasteiger partial charge in [0.1, 0.15) is 12.4 Å². The predicted molar refractivity (Wildman–Crippen MR) is 100 cm³/mol. The van der Waals surface area contributed by atoms with Crippen molar-refractivity contribution in [3.8, 4) is 5.75 Å². The molecule has 2 aliphatic heterocycles. The molecule has 0 N–H and O–H groups in total. The van der Waals surface area contributed by atoms with E-state index in [1.807, 2.05) is 54.6 Å². The zero-order valence-corrected chi connectivity index (χ0v) is 15.1. The van der Waals surface area contributed by atoms with E-state index in [0.29, 0.717) is 18.7 Å². The first kappa shape index (κ1) is 17.3.